The summed E-state index contributed by atoms with van der Waals surface area (Å²) >= 11 is 0. The number of aliphatic carboxylic acids is 1. The molecule has 0 spiro atoms. The minimum absolute atomic E-state index is 0.0209. The van der Waals surface area contributed by atoms with E-state index in [-0.39, 0.29) is 23.9 Å². The van der Waals surface area contributed by atoms with Crippen LogP contribution in [0.25, 0.3) is 0 Å². The third-order valence-corrected chi connectivity index (χ3v) is 3.03. The van der Waals surface area contributed by atoms with Crippen molar-refractivity contribution in [3.8, 4) is 0 Å². The van der Waals surface area contributed by atoms with E-state index in [2.05, 4.69) is 0 Å². The summed E-state index contributed by atoms with van der Waals surface area (Å²) in [6.07, 6.45) is 1.96. The van der Waals surface area contributed by atoms with Crippen LogP contribution in [0.4, 0.5) is 0 Å². The summed E-state index contributed by atoms with van der Waals surface area (Å²) in [5.41, 5.74) is 0.0854. The summed E-state index contributed by atoms with van der Waals surface area (Å²) in [6.45, 7) is 4.08. The van der Waals surface area contributed by atoms with E-state index in [1.54, 1.807) is 24.2 Å². The van der Waals surface area contributed by atoms with Crippen LogP contribution in [0, 0.1) is 0 Å². The number of carbonyl (C=O) groups is 2. The van der Waals surface area contributed by atoms with Crippen LogP contribution < -0.4 is 5.56 Å². The van der Waals surface area contributed by atoms with Crippen molar-refractivity contribution in [3.63, 3.8) is 0 Å². The number of nitrogens with zero attached hydrogens (tertiary/aromatic N) is 2. The normalized spacial score (nSPS) is 10.6. The maximum atomic E-state index is 12.4. The van der Waals surface area contributed by atoms with Gasteiger partial charge in [0, 0.05) is 43.9 Å². The van der Waals surface area contributed by atoms with Gasteiger partial charge < -0.3 is 14.6 Å². The lowest BCUT2D eigenvalue weighted by Crippen LogP contribution is -2.38. The van der Waals surface area contributed by atoms with Crippen LogP contribution >= 0.6 is 0 Å². The fraction of sp³-hybridized carbons (Fsp3) is 0.500. The monoisotopic (exact) mass is 280 g/mol. The van der Waals surface area contributed by atoms with Gasteiger partial charge in [-0.15, -0.1) is 0 Å². The fourth-order valence-corrected chi connectivity index (χ4v) is 1.84. The second-order valence-corrected chi connectivity index (χ2v) is 4.95. The topological polar surface area (TPSA) is 79.6 Å². The smallest absolute Gasteiger partial charge is 0.303 e. The Hall–Kier alpha value is -2.11. The first-order chi connectivity index (χ1) is 9.32. The van der Waals surface area contributed by atoms with E-state index in [4.69, 9.17) is 5.11 Å². The van der Waals surface area contributed by atoms with Gasteiger partial charge in [0.1, 0.15) is 0 Å². The van der Waals surface area contributed by atoms with Crippen molar-refractivity contribution in [1.82, 2.24) is 9.47 Å². The number of hydrogen-bond acceptors (Lipinski definition) is 3. The van der Waals surface area contributed by atoms with Gasteiger partial charge >= 0.3 is 5.97 Å². The molecule has 1 aromatic rings. The first-order valence-corrected chi connectivity index (χ1v) is 6.52. The van der Waals surface area contributed by atoms with E-state index in [1.807, 2.05) is 13.8 Å². The molecule has 0 saturated heterocycles. The predicted octanol–water partition coefficient (Wildman–Crippen LogP) is 1.10. The molecular formula is C14H20N2O4. The molecule has 0 aromatic carbocycles. The lowest BCUT2D eigenvalue weighted by atomic mass is 10.2. The highest BCUT2D eigenvalue weighted by atomic mass is 16.4. The summed E-state index contributed by atoms with van der Waals surface area (Å²) in [7, 11) is 1.61. The number of rotatable bonds is 6. The number of carboxylic acid groups (broad SMARTS) is 1. The third-order valence-electron chi connectivity index (χ3n) is 3.03. The molecule has 0 aliphatic rings. The van der Waals surface area contributed by atoms with E-state index < -0.39 is 5.97 Å². The highest BCUT2D eigenvalue weighted by molar-refractivity contribution is 5.94. The van der Waals surface area contributed by atoms with Crippen LogP contribution in [0.2, 0.25) is 0 Å². The van der Waals surface area contributed by atoms with Gasteiger partial charge in [-0.2, -0.15) is 0 Å². The molecule has 1 aromatic heterocycles. The van der Waals surface area contributed by atoms with Crippen LogP contribution in [-0.4, -0.2) is 39.0 Å². The van der Waals surface area contributed by atoms with Crippen molar-refractivity contribution in [2.75, 3.05) is 6.54 Å². The summed E-state index contributed by atoms with van der Waals surface area (Å²) in [4.78, 5) is 36.0. The van der Waals surface area contributed by atoms with Crippen molar-refractivity contribution in [2.45, 2.75) is 32.7 Å². The summed E-state index contributed by atoms with van der Waals surface area (Å²) in [5.74, 6) is -1.13. The Labute approximate surface area is 117 Å². The quantitative estimate of drug-likeness (QED) is 0.846. The number of aryl methyl sites for hydroxylation is 1. The second kappa shape index (κ2) is 6.88. The highest BCUT2D eigenvalue weighted by Gasteiger charge is 2.19. The fourth-order valence-electron chi connectivity index (χ4n) is 1.84. The maximum absolute atomic E-state index is 12.4. The van der Waals surface area contributed by atoms with Crippen molar-refractivity contribution in [1.29, 1.82) is 0 Å². The molecule has 110 valence electrons. The molecule has 0 radical (unpaired) electrons. The molecule has 0 bridgehead atoms. The van der Waals surface area contributed by atoms with E-state index in [0.29, 0.717) is 18.5 Å². The SMILES string of the molecule is CC(C)N(CCCC(=O)O)C(=O)c1ccn(C)c(=O)c1. The van der Waals surface area contributed by atoms with Gasteiger partial charge in [-0.05, 0) is 26.3 Å². The second-order valence-electron chi connectivity index (χ2n) is 4.95. The Morgan fingerprint density at radius 1 is 1.40 bits per heavy atom. The van der Waals surface area contributed by atoms with E-state index in [1.165, 1.54) is 10.6 Å². The highest BCUT2D eigenvalue weighted by Crippen LogP contribution is 2.08. The van der Waals surface area contributed by atoms with Gasteiger partial charge in [0.05, 0.1) is 0 Å². The van der Waals surface area contributed by atoms with Crippen LogP contribution in [0.3, 0.4) is 0 Å². The van der Waals surface area contributed by atoms with Gasteiger partial charge in [-0.3, -0.25) is 14.4 Å². The predicted molar refractivity (Wildman–Crippen MR) is 74.7 cm³/mol. The molecule has 0 saturated carbocycles. The number of pyridine rings is 1. The summed E-state index contributed by atoms with van der Waals surface area (Å²) in [5, 5.41) is 8.64. The van der Waals surface area contributed by atoms with Crippen molar-refractivity contribution in [2.24, 2.45) is 7.05 Å². The molecule has 0 aliphatic carbocycles. The Kier molecular flexibility index (Phi) is 5.49. The number of carboxylic acids is 1. The molecule has 6 heteroatoms. The van der Waals surface area contributed by atoms with Gasteiger partial charge in [0.25, 0.3) is 11.5 Å². The number of amides is 1. The lowest BCUT2D eigenvalue weighted by Gasteiger charge is -2.26. The maximum Gasteiger partial charge on any atom is 0.303 e. The first kappa shape index (κ1) is 15.9. The molecule has 0 fully saturated rings. The van der Waals surface area contributed by atoms with Crippen LogP contribution in [0.1, 0.15) is 37.0 Å². The Morgan fingerprint density at radius 2 is 2.05 bits per heavy atom. The average Bonchev–Trinajstić information content (AvgIpc) is 2.36. The van der Waals surface area contributed by atoms with Crippen LogP contribution in [0.15, 0.2) is 23.1 Å². The number of hydrogen-bond donors (Lipinski definition) is 1. The van der Waals surface area contributed by atoms with Gasteiger partial charge in [-0.1, -0.05) is 0 Å². The van der Waals surface area contributed by atoms with E-state index in [9.17, 15) is 14.4 Å². The summed E-state index contributed by atoms with van der Waals surface area (Å²) in [6, 6.07) is 2.84. The number of carbonyl (C=O) groups excluding carboxylic acids is 1. The van der Waals surface area contributed by atoms with Crippen molar-refractivity contribution < 1.29 is 14.7 Å². The van der Waals surface area contributed by atoms with Crippen molar-refractivity contribution in [3.05, 3.63) is 34.2 Å². The summed E-state index contributed by atoms with van der Waals surface area (Å²) < 4.78 is 1.39. The molecule has 0 unspecified atom stereocenters. The minimum atomic E-state index is -0.880. The number of aromatic nitrogens is 1. The zero-order valence-corrected chi connectivity index (χ0v) is 12.0. The Balaban J connectivity index is 2.85. The van der Waals surface area contributed by atoms with E-state index >= 15 is 0 Å². The van der Waals surface area contributed by atoms with Gasteiger partial charge in [-0.25, -0.2) is 0 Å². The van der Waals surface area contributed by atoms with Crippen molar-refractivity contribution >= 4 is 11.9 Å². The molecule has 20 heavy (non-hydrogen) atoms. The van der Waals surface area contributed by atoms with Gasteiger partial charge in [0.15, 0.2) is 0 Å². The molecule has 1 heterocycles. The Morgan fingerprint density at radius 3 is 2.55 bits per heavy atom. The molecular weight excluding hydrogens is 260 g/mol. The molecule has 1 rings (SSSR count). The molecule has 6 nitrogen and oxygen atoms in total. The minimum Gasteiger partial charge on any atom is -0.481 e. The zero-order valence-electron chi connectivity index (χ0n) is 12.0. The standard InChI is InChI=1S/C14H20N2O4/c1-10(2)16(7-4-5-13(18)19)14(20)11-6-8-15(3)12(17)9-11/h6,8-10H,4-5,7H2,1-3H3,(H,18,19). The zero-order chi connectivity index (χ0) is 15.3. The molecule has 0 atom stereocenters. The molecule has 0 aliphatic heterocycles. The third kappa shape index (κ3) is 4.22. The van der Waals surface area contributed by atoms with Crippen LogP contribution in [0.5, 0.6) is 0 Å². The van der Waals surface area contributed by atoms with Gasteiger partial charge in [0.2, 0.25) is 0 Å². The van der Waals surface area contributed by atoms with E-state index in [0.717, 1.165) is 0 Å². The average molecular weight is 280 g/mol. The first-order valence-electron chi connectivity index (χ1n) is 6.52. The largest absolute Gasteiger partial charge is 0.481 e. The molecule has 1 N–H and O–H groups in total. The molecule has 1 amide bonds. The lowest BCUT2D eigenvalue weighted by molar-refractivity contribution is -0.137. The van der Waals surface area contributed by atoms with Crippen LogP contribution in [-0.2, 0) is 11.8 Å². The Bertz CT molecular complexity index is 548.